The molecule has 4 nitrogen and oxygen atoms in total. The minimum atomic E-state index is 0.843. The van der Waals surface area contributed by atoms with E-state index < -0.39 is 0 Å². The second-order valence-electron chi connectivity index (χ2n) is 3.24. The first-order valence-corrected chi connectivity index (χ1v) is 5.69. The number of thiazole rings is 1. The molecular formula is C11H8N4S+. The molecule has 2 aromatic rings. The molecule has 77 valence electrons. The van der Waals surface area contributed by atoms with E-state index in [0.717, 1.165) is 22.0 Å². The molecule has 1 N–H and O–H groups in total. The highest BCUT2D eigenvalue weighted by atomic mass is 32.1. The fourth-order valence-corrected chi connectivity index (χ4v) is 2.15. The minimum Gasteiger partial charge on any atom is -0.243 e. The van der Waals surface area contributed by atoms with Crippen molar-refractivity contribution in [3.63, 3.8) is 0 Å². The summed E-state index contributed by atoms with van der Waals surface area (Å²) >= 11 is 1.57. The predicted octanol–water partition coefficient (Wildman–Crippen LogP) is 2.28. The van der Waals surface area contributed by atoms with Gasteiger partial charge in [0.05, 0.1) is 0 Å². The Hall–Kier alpha value is -2.01. The van der Waals surface area contributed by atoms with Gasteiger partial charge in [0, 0.05) is 17.1 Å². The molecular weight excluding hydrogens is 220 g/mol. The summed E-state index contributed by atoms with van der Waals surface area (Å²) in [6.07, 6.45) is 1.77. The van der Waals surface area contributed by atoms with E-state index in [1.807, 2.05) is 35.7 Å². The number of hydrogen-bond acceptors (Lipinski definition) is 5. The summed E-state index contributed by atoms with van der Waals surface area (Å²) in [7, 11) is 0. The van der Waals surface area contributed by atoms with E-state index >= 15 is 0 Å². The first-order chi connectivity index (χ1) is 7.95. The lowest BCUT2D eigenvalue weighted by Gasteiger charge is -1.96. The van der Waals surface area contributed by atoms with Crippen LogP contribution in [0.2, 0.25) is 0 Å². The van der Waals surface area contributed by atoms with Crippen molar-refractivity contribution in [3.05, 3.63) is 52.5 Å². The zero-order valence-corrected chi connectivity index (χ0v) is 9.11. The van der Waals surface area contributed by atoms with Gasteiger partial charge in [-0.3, -0.25) is 0 Å². The number of nitrogens with one attached hydrogen (secondary N) is 1. The fraction of sp³-hybridized carbons (Fsp3) is 0. The van der Waals surface area contributed by atoms with Crippen LogP contribution in [0.15, 0.2) is 47.0 Å². The third-order valence-corrected chi connectivity index (χ3v) is 3.03. The van der Waals surface area contributed by atoms with Crippen molar-refractivity contribution in [2.24, 2.45) is 5.11 Å². The van der Waals surface area contributed by atoms with E-state index in [1.54, 1.807) is 17.5 Å². The first kappa shape index (κ1) is 9.23. The maximum Gasteiger partial charge on any atom is 0.331 e. The molecule has 1 aliphatic rings. The number of aromatic nitrogens is 1. The summed E-state index contributed by atoms with van der Waals surface area (Å²) in [5.41, 5.74) is 5.66. The van der Waals surface area contributed by atoms with Gasteiger partial charge in [-0.05, 0) is 0 Å². The molecule has 0 spiro atoms. The van der Waals surface area contributed by atoms with Gasteiger partial charge >= 0.3 is 5.22 Å². The summed E-state index contributed by atoms with van der Waals surface area (Å²) in [6, 6.07) is 9.96. The standard InChI is InChI=1S/C11H8N4S/c1-2-4-8(5-3-1)9-10(14-15-13-9)11-12-6-7-16-11/h1-7H,(H,13,14)/q+1. The van der Waals surface area contributed by atoms with Crippen molar-refractivity contribution in [1.29, 1.82) is 0 Å². The maximum absolute atomic E-state index is 4.25. The highest BCUT2D eigenvalue weighted by molar-refractivity contribution is 7.10. The molecule has 0 amide bonds. The van der Waals surface area contributed by atoms with Gasteiger partial charge in [-0.25, -0.2) is 4.98 Å². The van der Waals surface area contributed by atoms with Gasteiger partial charge < -0.3 is 0 Å². The van der Waals surface area contributed by atoms with Gasteiger partial charge in [0.15, 0.2) is 11.4 Å². The zero-order chi connectivity index (χ0) is 10.8. The average molecular weight is 228 g/mol. The van der Waals surface area contributed by atoms with E-state index in [1.165, 1.54) is 0 Å². The number of nitrogens with zero attached hydrogens (tertiary/aromatic N) is 3. The van der Waals surface area contributed by atoms with Gasteiger partial charge in [-0.2, -0.15) is 0 Å². The van der Waals surface area contributed by atoms with Crippen LogP contribution in [-0.4, -0.2) is 4.98 Å². The van der Waals surface area contributed by atoms with E-state index in [0.29, 0.717) is 0 Å². The van der Waals surface area contributed by atoms with Crippen molar-refractivity contribution in [2.75, 3.05) is 0 Å². The van der Waals surface area contributed by atoms with E-state index in [2.05, 4.69) is 20.7 Å². The van der Waals surface area contributed by atoms with Crippen molar-refractivity contribution in [1.82, 2.24) is 15.6 Å². The second kappa shape index (κ2) is 3.86. The Kier molecular flexibility index (Phi) is 2.23. The van der Waals surface area contributed by atoms with Gasteiger partial charge in [0.25, 0.3) is 0 Å². The highest BCUT2D eigenvalue weighted by Crippen LogP contribution is 2.28. The van der Waals surface area contributed by atoms with Crippen LogP contribution in [0.4, 0.5) is 0 Å². The van der Waals surface area contributed by atoms with Crippen molar-refractivity contribution < 1.29 is 0 Å². The summed E-state index contributed by atoms with van der Waals surface area (Å²) in [5, 5.41) is 10.8. The lowest BCUT2D eigenvalue weighted by atomic mass is 10.1. The zero-order valence-electron chi connectivity index (χ0n) is 8.29. The normalized spacial score (nSPS) is 14.2. The smallest absolute Gasteiger partial charge is 0.243 e. The number of benzene rings is 1. The lowest BCUT2D eigenvalue weighted by Crippen LogP contribution is -2.08. The molecule has 1 aromatic heterocycles. The Morgan fingerprint density at radius 2 is 2.06 bits per heavy atom. The number of rotatable bonds is 2. The summed E-state index contributed by atoms with van der Waals surface area (Å²) in [5.74, 6) is 0. The van der Waals surface area contributed by atoms with Crippen LogP contribution >= 0.6 is 11.3 Å². The Morgan fingerprint density at radius 3 is 2.81 bits per heavy atom. The van der Waals surface area contributed by atoms with E-state index in [9.17, 15) is 0 Å². The Morgan fingerprint density at radius 1 is 1.19 bits per heavy atom. The minimum absolute atomic E-state index is 0.843. The molecule has 0 atom stereocenters. The van der Waals surface area contributed by atoms with Gasteiger partial charge in [-0.15, -0.1) is 11.3 Å². The summed E-state index contributed by atoms with van der Waals surface area (Å²) in [6.45, 7) is 0. The quantitative estimate of drug-likeness (QED) is 0.857. The van der Waals surface area contributed by atoms with Crippen LogP contribution in [0.3, 0.4) is 0 Å². The molecule has 5 heteroatoms. The molecule has 1 radical (unpaired) electrons. The molecule has 3 rings (SSSR count). The van der Waals surface area contributed by atoms with Crippen molar-refractivity contribution >= 4 is 22.7 Å². The van der Waals surface area contributed by atoms with Crippen molar-refractivity contribution in [2.45, 2.75) is 0 Å². The lowest BCUT2D eigenvalue weighted by molar-refractivity contribution is 0.821. The Balaban J connectivity index is 2.11. The summed E-state index contributed by atoms with van der Waals surface area (Å²) < 4.78 is 0. The summed E-state index contributed by atoms with van der Waals surface area (Å²) in [4.78, 5) is 4.25. The molecule has 2 heterocycles. The monoisotopic (exact) mass is 228 g/mol. The van der Waals surface area contributed by atoms with Crippen LogP contribution in [0.25, 0.3) is 11.4 Å². The van der Waals surface area contributed by atoms with Gasteiger partial charge in [-0.1, -0.05) is 35.8 Å². The SMILES string of the molecule is c1ccc(C2=C(c3nccs3)N[N+]=N2)cc1. The van der Waals surface area contributed by atoms with Gasteiger partial charge in [0.1, 0.15) is 10.1 Å². The van der Waals surface area contributed by atoms with E-state index in [4.69, 9.17) is 0 Å². The fourth-order valence-electron chi connectivity index (χ4n) is 1.52. The molecule has 0 bridgehead atoms. The van der Waals surface area contributed by atoms with Crippen LogP contribution < -0.4 is 10.6 Å². The third kappa shape index (κ3) is 1.51. The molecule has 0 saturated heterocycles. The molecule has 0 unspecified atom stereocenters. The third-order valence-electron chi connectivity index (χ3n) is 2.24. The van der Waals surface area contributed by atoms with E-state index in [-0.39, 0.29) is 0 Å². The molecule has 1 aliphatic heterocycles. The van der Waals surface area contributed by atoms with Crippen molar-refractivity contribution in [3.8, 4) is 0 Å². The van der Waals surface area contributed by atoms with Crippen LogP contribution in [0.1, 0.15) is 10.6 Å². The Labute approximate surface area is 96.3 Å². The topological polar surface area (TPSA) is 51.4 Å². The molecule has 1 aromatic carbocycles. The molecule has 0 fully saturated rings. The van der Waals surface area contributed by atoms with Crippen LogP contribution in [0.5, 0.6) is 0 Å². The van der Waals surface area contributed by atoms with Gasteiger partial charge in [0.2, 0.25) is 0 Å². The predicted molar refractivity (Wildman–Crippen MR) is 63.1 cm³/mol. The highest BCUT2D eigenvalue weighted by Gasteiger charge is 2.25. The average Bonchev–Trinajstić information content (AvgIpc) is 3.01. The maximum atomic E-state index is 4.25. The molecule has 16 heavy (non-hydrogen) atoms. The van der Waals surface area contributed by atoms with Crippen LogP contribution in [-0.2, 0) is 0 Å². The molecule has 0 saturated carbocycles. The number of hydrogen-bond donors (Lipinski definition) is 1. The Bertz CT molecular complexity index is 543. The van der Waals surface area contributed by atoms with Crippen LogP contribution in [0, 0.1) is 0 Å². The first-order valence-electron chi connectivity index (χ1n) is 4.81. The largest absolute Gasteiger partial charge is 0.331 e. The second-order valence-corrected chi connectivity index (χ2v) is 4.13. The molecule has 0 aliphatic carbocycles.